The molecule has 0 spiro atoms. The predicted octanol–water partition coefficient (Wildman–Crippen LogP) is 7.36. The third-order valence-electron chi connectivity index (χ3n) is 6.78. The first-order valence-corrected chi connectivity index (χ1v) is 11.6. The van der Waals surface area contributed by atoms with Gasteiger partial charge in [-0.2, -0.15) is 13.2 Å². The molecule has 1 aliphatic heterocycles. The third kappa shape index (κ3) is 4.66. The third-order valence-corrected chi connectivity index (χ3v) is 6.78. The first-order chi connectivity index (χ1) is 16.8. The van der Waals surface area contributed by atoms with E-state index >= 15 is 0 Å². The summed E-state index contributed by atoms with van der Waals surface area (Å²) in [5.41, 5.74) is 3.93. The highest BCUT2D eigenvalue weighted by Gasteiger charge is 2.30. The zero-order valence-electron chi connectivity index (χ0n) is 18.9. The van der Waals surface area contributed by atoms with Crippen LogP contribution in [0.4, 0.5) is 13.2 Å². The topological polar surface area (TPSA) is 49.3 Å². The van der Waals surface area contributed by atoms with Crippen molar-refractivity contribution in [2.45, 2.75) is 24.9 Å². The molecule has 6 heteroatoms. The van der Waals surface area contributed by atoms with Crippen molar-refractivity contribution in [2.24, 2.45) is 0 Å². The number of alkyl halides is 3. The lowest BCUT2D eigenvalue weighted by Gasteiger charge is -2.25. The second-order valence-corrected chi connectivity index (χ2v) is 8.95. The number of fused-ring (bicyclic) bond motifs is 1. The van der Waals surface area contributed by atoms with E-state index in [1.807, 2.05) is 36.4 Å². The zero-order valence-corrected chi connectivity index (χ0v) is 18.9. The van der Waals surface area contributed by atoms with E-state index in [-0.39, 0.29) is 5.56 Å². The molecule has 0 atom stereocenters. The lowest BCUT2D eigenvalue weighted by atomic mass is 9.83. The van der Waals surface area contributed by atoms with E-state index in [2.05, 4.69) is 11.4 Å². The molecule has 178 valence electrons. The van der Waals surface area contributed by atoms with E-state index in [4.69, 9.17) is 0 Å². The molecule has 0 aromatic heterocycles. The fraction of sp³-hybridized carbons (Fsp3) is 0.207. The highest BCUT2D eigenvalue weighted by Crippen LogP contribution is 2.39. The van der Waals surface area contributed by atoms with Gasteiger partial charge in [-0.1, -0.05) is 48.5 Å². The Hall–Kier alpha value is -3.64. The fourth-order valence-corrected chi connectivity index (χ4v) is 4.98. The van der Waals surface area contributed by atoms with Gasteiger partial charge in [0.15, 0.2) is 0 Å². The zero-order chi connectivity index (χ0) is 24.6. The van der Waals surface area contributed by atoms with Crippen molar-refractivity contribution in [1.82, 2.24) is 5.32 Å². The maximum Gasteiger partial charge on any atom is 0.416 e. The monoisotopic (exact) mass is 475 g/mol. The number of nitrogens with one attached hydrogen (secondary N) is 1. The summed E-state index contributed by atoms with van der Waals surface area (Å²) in [4.78, 5) is 12.0. The van der Waals surface area contributed by atoms with Crippen LogP contribution in [0.2, 0.25) is 0 Å². The van der Waals surface area contributed by atoms with Crippen molar-refractivity contribution >= 4 is 16.7 Å². The van der Waals surface area contributed by atoms with Crippen molar-refractivity contribution < 1.29 is 23.1 Å². The average molecular weight is 476 g/mol. The average Bonchev–Trinajstić information content (AvgIpc) is 2.87. The van der Waals surface area contributed by atoms with Gasteiger partial charge < -0.3 is 10.4 Å². The minimum absolute atomic E-state index is 0.178. The lowest BCUT2D eigenvalue weighted by Crippen LogP contribution is -2.26. The van der Waals surface area contributed by atoms with Crippen LogP contribution in [0.25, 0.3) is 33.0 Å². The molecule has 1 aliphatic rings. The van der Waals surface area contributed by atoms with E-state index in [1.54, 1.807) is 12.1 Å². The summed E-state index contributed by atoms with van der Waals surface area (Å²) in [6.07, 6.45) is -2.35. The molecule has 0 bridgehead atoms. The first kappa shape index (κ1) is 23.1. The summed E-state index contributed by atoms with van der Waals surface area (Å²) in [7, 11) is 0. The number of hydrogen-bond acceptors (Lipinski definition) is 2. The van der Waals surface area contributed by atoms with Crippen LogP contribution in [0.5, 0.6) is 0 Å². The van der Waals surface area contributed by atoms with Crippen LogP contribution < -0.4 is 5.32 Å². The molecular formula is C29H24F3NO2. The van der Waals surface area contributed by atoms with Crippen molar-refractivity contribution in [3.05, 3.63) is 95.6 Å². The van der Waals surface area contributed by atoms with E-state index < -0.39 is 17.7 Å². The summed E-state index contributed by atoms with van der Waals surface area (Å²) in [5, 5.41) is 14.8. The molecule has 5 rings (SSSR count). The highest BCUT2D eigenvalue weighted by atomic mass is 19.4. The summed E-state index contributed by atoms with van der Waals surface area (Å²) >= 11 is 0. The van der Waals surface area contributed by atoms with E-state index in [1.165, 1.54) is 17.7 Å². The molecule has 1 saturated heterocycles. The van der Waals surface area contributed by atoms with Crippen LogP contribution in [0.3, 0.4) is 0 Å². The number of benzene rings is 4. The van der Waals surface area contributed by atoms with Crippen LogP contribution in [0.15, 0.2) is 78.9 Å². The number of carboxylic acids is 1. The molecule has 0 radical (unpaired) electrons. The van der Waals surface area contributed by atoms with Gasteiger partial charge in [0.2, 0.25) is 0 Å². The first-order valence-electron chi connectivity index (χ1n) is 11.6. The predicted molar refractivity (Wildman–Crippen MR) is 132 cm³/mol. The van der Waals surface area contributed by atoms with E-state index in [0.29, 0.717) is 11.5 Å². The van der Waals surface area contributed by atoms with Gasteiger partial charge in [-0.25, -0.2) is 4.79 Å². The largest absolute Gasteiger partial charge is 0.478 e. The molecule has 0 saturated carbocycles. The van der Waals surface area contributed by atoms with Gasteiger partial charge in [-0.3, -0.25) is 0 Å². The highest BCUT2D eigenvalue weighted by molar-refractivity contribution is 6.04. The van der Waals surface area contributed by atoms with Gasteiger partial charge in [-0.15, -0.1) is 0 Å². The van der Waals surface area contributed by atoms with Crippen LogP contribution >= 0.6 is 0 Å². The van der Waals surface area contributed by atoms with Gasteiger partial charge >= 0.3 is 12.1 Å². The number of aromatic carboxylic acids is 1. The van der Waals surface area contributed by atoms with Crippen molar-refractivity contribution in [2.75, 3.05) is 13.1 Å². The molecule has 1 heterocycles. The number of carboxylic acid groups (broad SMARTS) is 1. The molecule has 0 aliphatic carbocycles. The van der Waals surface area contributed by atoms with E-state index in [0.717, 1.165) is 65.5 Å². The maximum absolute atomic E-state index is 13.0. The Balaban J connectivity index is 1.64. The minimum Gasteiger partial charge on any atom is -0.478 e. The standard InChI is InChI=1S/C29H24F3NO2/c30-29(31,32)23-8-5-18(6-9-23)20-7-10-25-21(15-20)16-22(28(34)35)17-27(25)26-4-2-1-3-24(26)19-11-13-33-14-12-19/h1-10,15-17,19,33H,11-14H2,(H,34,35). The van der Waals surface area contributed by atoms with Gasteiger partial charge in [0, 0.05) is 0 Å². The van der Waals surface area contributed by atoms with Gasteiger partial charge in [0.1, 0.15) is 0 Å². The molecule has 4 aromatic carbocycles. The van der Waals surface area contributed by atoms with Gasteiger partial charge in [-0.05, 0) is 101 Å². The van der Waals surface area contributed by atoms with Crippen LogP contribution in [0, 0.1) is 0 Å². The molecule has 2 N–H and O–H groups in total. The Bertz CT molecular complexity index is 1390. The summed E-state index contributed by atoms with van der Waals surface area (Å²) in [6, 6.07) is 22.2. The molecular weight excluding hydrogens is 451 g/mol. The summed E-state index contributed by atoms with van der Waals surface area (Å²) in [5.74, 6) is -0.630. The molecule has 0 amide bonds. The molecule has 1 fully saturated rings. The molecule has 3 nitrogen and oxygen atoms in total. The van der Waals surface area contributed by atoms with Crippen molar-refractivity contribution in [1.29, 1.82) is 0 Å². The lowest BCUT2D eigenvalue weighted by molar-refractivity contribution is -0.137. The Morgan fingerprint density at radius 2 is 1.51 bits per heavy atom. The minimum atomic E-state index is -4.39. The number of halogens is 3. The second kappa shape index (κ2) is 9.19. The van der Waals surface area contributed by atoms with Gasteiger partial charge in [0.25, 0.3) is 0 Å². The Labute approximate surface area is 201 Å². The smallest absolute Gasteiger partial charge is 0.416 e. The normalized spacial score (nSPS) is 14.8. The van der Waals surface area contributed by atoms with Crippen LogP contribution in [-0.4, -0.2) is 24.2 Å². The SMILES string of the molecule is O=C(O)c1cc(-c2ccccc2C2CCNCC2)c2ccc(-c3ccc(C(F)(F)F)cc3)cc2c1. The Morgan fingerprint density at radius 3 is 2.20 bits per heavy atom. The van der Waals surface area contributed by atoms with Crippen LogP contribution in [0.1, 0.15) is 40.2 Å². The number of piperidine rings is 1. The van der Waals surface area contributed by atoms with Crippen molar-refractivity contribution in [3.8, 4) is 22.3 Å². The fourth-order valence-electron chi connectivity index (χ4n) is 4.98. The number of carbonyl (C=O) groups is 1. The van der Waals surface area contributed by atoms with Crippen molar-refractivity contribution in [3.63, 3.8) is 0 Å². The maximum atomic E-state index is 13.0. The van der Waals surface area contributed by atoms with Crippen LogP contribution in [-0.2, 0) is 6.18 Å². The summed E-state index contributed by atoms with van der Waals surface area (Å²) < 4.78 is 38.9. The molecule has 35 heavy (non-hydrogen) atoms. The molecule has 4 aromatic rings. The van der Waals surface area contributed by atoms with E-state index in [9.17, 15) is 23.1 Å². The number of hydrogen-bond donors (Lipinski definition) is 2. The summed E-state index contributed by atoms with van der Waals surface area (Å²) in [6.45, 7) is 1.90. The van der Waals surface area contributed by atoms with Gasteiger partial charge in [0.05, 0.1) is 11.1 Å². The second-order valence-electron chi connectivity index (χ2n) is 8.95. The number of rotatable bonds is 4. The Kier molecular flexibility index (Phi) is 6.07. The molecule has 0 unspecified atom stereocenters. The quantitative estimate of drug-likeness (QED) is 0.324. The Morgan fingerprint density at radius 1 is 0.829 bits per heavy atom.